The fraction of sp³-hybridized carbons (Fsp3) is 0.421. The van der Waals surface area contributed by atoms with Crippen LogP contribution in [0, 0.1) is 0 Å². The first-order valence-corrected chi connectivity index (χ1v) is 9.30. The number of hydrogen-bond donors (Lipinski definition) is 0. The van der Waals surface area contributed by atoms with Gasteiger partial charge in [-0.1, -0.05) is 19.1 Å². The van der Waals surface area contributed by atoms with E-state index in [-0.39, 0.29) is 11.2 Å². The highest BCUT2D eigenvalue weighted by atomic mass is 32.1. The molecular weight excluding hydrogens is 334 g/mol. The van der Waals surface area contributed by atoms with Crippen LogP contribution in [0.2, 0.25) is 0 Å². The van der Waals surface area contributed by atoms with E-state index in [9.17, 15) is 4.79 Å². The molecule has 1 atom stereocenters. The Morgan fingerprint density at radius 2 is 2.32 bits per heavy atom. The molecule has 0 fully saturated rings. The number of ether oxygens (including phenoxy) is 1. The minimum absolute atomic E-state index is 0.0244. The summed E-state index contributed by atoms with van der Waals surface area (Å²) in [5.74, 6) is 0. The topological polar surface area (TPSA) is 57.0 Å². The molecule has 0 N–H and O–H groups in total. The Hall–Kier alpha value is -2.05. The summed E-state index contributed by atoms with van der Waals surface area (Å²) in [6.07, 6.45) is 3.36. The molecule has 4 rings (SSSR count). The maximum absolute atomic E-state index is 12.7. The molecule has 130 valence electrons. The average Bonchev–Trinajstić information content (AvgIpc) is 2.93. The molecule has 6 heteroatoms. The molecule has 25 heavy (non-hydrogen) atoms. The third-order valence-corrected chi connectivity index (χ3v) is 5.99. The lowest BCUT2D eigenvalue weighted by Crippen LogP contribution is -2.35. The van der Waals surface area contributed by atoms with Crippen molar-refractivity contribution in [2.24, 2.45) is 0 Å². The SMILES string of the molecule is C=C(C)Cn1cnc2c(sc3nc4c(cc32)COC(C)(CC)C4)c1=O. The lowest BCUT2D eigenvalue weighted by Gasteiger charge is -2.33. The van der Waals surface area contributed by atoms with E-state index in [0.29, 0.717) is 17.9 Å². The molecule has 1 unspecified atom stereocenters. The highest BCUT2D eigenvalue weighted by molar-refractivity contribution is 7.25. The maximum atomic E-state index is 12.7. The molecule has 4 heterocycles. The van der Waals surface area contributed by atoms with E-state index in [1.54, 1.807) is 10.9 Å². The van der Waals surface area contributed by atoms with Crippen molar-refractivity contribution >= 4 is 31.8 Å². The van der Waals surface area contributed by atoms with Crippen molar-refractivity contribution in [3.63, 3.8) is 0 Å². The maximum Gasteiger partial charge on any atom is 0.271 e. The second-order valence-corrected chi connectivity index (χ2v) is 8.13. The van der Waals surface area contributed by atoms with Gasteiger partial charge in [0.15, 0.2) is 0 Å². The average molecular weight is 355 g/mol. The molecule has 0 saturated heterocycles. The number of pyridine rings is 1. The summed E-state index contributed by atoms with van der Waals surface area (Å²) in [4.78, 5) is 23.0. The van der Waals surface area contributed by atoms with Crippen LogP contribution >= 0.6 is 11.3 Å². The first kappa shape index (κ1) is 16.4. The normalized spacial score (nSPS) is 20.1. The first-order valence-electron chi connectivity index (χ1n) is 8.49. The fourth-order valence-corrected chi connectivity index (χ4v) is 4.32. The second kappa shape index (κ2) is 5.75. The van der Waals surface area contributed by atoms with Crippen LogP contribution in [0.5, 0.6) is 0 Å². The number of nitrogens with zero attached hydrogens (tertiary/aromatic N) is 3. The van der Waals surface area contributed by atoms with Crippen molar-refractivity contribution < 1.29 is 4.74 Å². The van der Waals surface area contributed by atoms with Crippen molar-refractivity contribution in [1.82, 2.24) is 14.5 Å². The number of hydrogen-bond acceptors (Lipinski definition) is 5. The summed E-state index contributed by atoms with van der Waals surface area (Å²) in [5.41, 5.74) is 3.67. The molecule has 0 aromatic carbocycles. The predicted octanol–water partition coefficient (Wildman–Crippen LogP) is 3.82. The van der Waals surface area contributed by atoms with Gasteiger partial charge >= 0.3 is 0 Å². The molecule has 0 aliphatic carbocycles. The van der Waals surface area contributed by atoms with Gasteiger partial charge in [0.05, 0.1) is 29.7 Å². The molecule has 1 aliphatic heterocycles. The van der Waals surface area contributed by atoms with Crippen LogP contribution in [-0.2, 0) is 24.3 Å². The van der Waals surface area contributed by atoms with Crippen LogP contribution in [-0.4, -0.2) is 20.1 Å². The molecule has 0 saturated carbocycles. The Balaban J connectivity index is 1.90. The van der Waals surface area contributed by atoms with Gasteiger partial charge in [0, 0.05) is 23.9 Å². The van der Waals surface area contributed by atoms with Gasteiger partial charge < -0.3 is 4.74 Å². The summed E-state index contributed by atoms with van der Waals surface area (Å²) < 4.78 is 8.30. The zero-order valence-electron chi connectivity index (χ0n) is 14.8. The van der Waals surface area contributed by atoms with Crippen LogP contribution in [0.4, 0.5) is 0 Å². The molecule has 0 bridgehead atoms. The summed E-state index contributed by atoms with van der Waals surface area (Å²) >= 11 is 1.43. The van der Waals surface area contributed by atoms with E-state index in [1.165, 1.54) is 11.3 Å². The molecule has 0 radical (unpaired) electrons. The summed E-state index contributed by atoms with van der Waals surface area (Å²) in [5, 5.41) is 0.946. The molecule has 3 aromatic heterocycles. The lowest BCUT2D eigenvalue weighted by molar-refractivity contribution is -0.0573. The Bertz CT molecular complexity index is 1070. The van der Waals surface area contributed by atoms with E-state index >= 15 is 0 Å². The molecule has 3 aromatic rings. The van der Waals surface area contributed by atoms with Crippen molar-refractivity contribution in [2.45, 2.75) is 52.4 Å². The zero-order chi connectivity index (χ0) is 17.8. The molecule has 0 spiro atoms. The van der Waals surface area contributed by atoms with Crippen LogP contribution in [0.25, 0.3) is 20.4 Å². The second-order valence-electron chi connectivity index (χ2n) is 7.13. The smallest absolute Gasteiger partial charge is 0.271 e. The van der Waals surface area contributed by atoms with E-state index in [1.807, 2.05) is 6.92 Å². The molecule has 5 nitrogen and oxygen atoms in total. The number of aromatic nitrogens is 3. The van der Waals surface area contributed by atoms with Crippen molar-refractivity contribution in [1.29, 1.82) is 0 Å². The van der Waals surface area contributed by atoms with E-state index < -0.39 is 0 Å². The standard InChI is InChI=1S/C19H21N3O2S/c1-5-19(4)7-14-12(9-24-19)6-13-15-16(25-17(13)21-14)18(23)22(10-20-15)8-11(2)3/h6,10H,2,5,7-9H2,1,3-4H3. The number of fused-ring (bicyclic) bond motifs is 4. The molecule has 1 aliphatic rings. The van der Waals surface area contributed by atoms with Crippen LogP contribution in [0.15, 0.2) is 29.3 Å². The van der Waals surface area contributed by atoms with E-state index in [4.69, 9.17) is 9.72 Å². The van der Waals surface area contributed by atoms with Gasteiger partial charge in [0.1, 0.15) is 9.53 Å². The van der Waals surface area contributed by atoms with Gasteiger partial charge in [-0.15, -0.1) is 11.3 Å². The van der Waals surface area contributed by atoms with Gasteiger partial charge in [-0.3, -0.25) is 9.36 Å². The van der Waals surface area contributed by atoms with Gasteiger partial charge in [0.25, 0.3) is 5.56 Å². The minimum atomic E-state index is -0.156. The largest absolute Gasteiger partial charge is 0.370 e. The van der Waals surface area contributed by atoms with Crippen LogP contribution < -0.4 is 5.56 Å². The number of rotatable bonds is 3. The lowest BCUT2D eigenvalue weighted by atomic mass is 9.91. The first-order chi connectivity index (χ1) is 11.9. The third kappa shape index (κ3) is 2.69. The van der Waals surface area contributed by atoms with Crippen molar-refractivity contribution in [2.75, 3.05) is 0 Å². The summed E-state index contributed by atoms with van der Waals surface area (Å²) in [7, 11) is 0. The van der Waals surface area contributed by atoms with Gasteiger partial charge in [-0.25, -0.2) is 9.97 Å². The van der Waals surface area contributed by atoms with Gasteiger partial charge in [-0.05, 0) is 26.3 Å². The number of allylic oxidation sites excluding steroid dienone is 1. The monoisotopic (exact) mass is 355 g/mol. The minimum Gasteiger partial charge on any atom is -0.370 e. The third-order valence-electron chi connectivity index (χ3n) is 4.91. The predicted molar refractivity (Wildman–Crippen MR) is 101 cm³/mol. The van der Waals surface area contributed by atoms with Crippen LogP contribution in [0.3, 0.4) is 0 Å². The van der Waals surface area contributed by atoms with Gasteiger partial charge in [0.2, 0.25) is 0 Å². The van der Waals surface area contributed by atoms with E-state index in [2.05, 4.69) is 31.5 Å². The van der Waals surface area contributed by atoms with Gasteiger partial charge in [-0.2, -0.15) is 0 Å². The highest BCUT2D eigenvalue weighted by Gasteiger charge is 2.30. The summed E-state index contributed by atoms with van der Waals surface area (Å²) in [6, 6.07) is 2.10. The van der Waals surface area contributed by atoms with Crippen molar-refractivity contribution in [3.05, 3.63) is 46.2 Å². The highest BCUT2D eigenvalue weighted by Crippen LogP contribution is 2.35. The molecular formula is C19H21N3O2S. The van der Waals surface area contributed by atoms with Crippen molar-refractivity contribution in [3.8, 4) is 0 Å². The Morgan fingerprint density at radius 1 is 1.52 bits per heavy atom. The number of thiophene rings is 1. The fourth-order valence-electron chi connectivity index (χ4n) is 3.24. The van der Waals surface area contributed by atoms with Crippen LogP contribution in [0.1, 0.15) is 38.4 Å². The Morgan fingerprint density at radius 3 is 3.04 bits per heavy atom. The summed E-state index contributed by atoms with van der Waals surface area (Å²) in [6.45, 7) is 11.1. The Kier molecular flexibility index (Phi) is 3.77. The molecule has 0 amide bonds. The zero-order valence-corrected chi connectivity index (χ0v) is 15.6. The quantitative estimate of drug-likeness (QED) is 0.670. The Labute approximate surface area is 150 Å². The van der Waals surface area contributed by atoms with E-state index in [0.717, 1.165) is 45.4 Å².